The Hall–Kier alpha value is -1.84. The van der Waals surface area contributed by atoms with Crippen LogP contribution in [0.2, 0.25) is 0 Å². The number of likely N-dealkylation sites (N-methyl/N-ethyl adjacent to an activating group) is 1. The highest BCUT2D eigenvalue weighted by Crippen LogP contribution is 2.50. The number of carbonyl (C=O) groups excluding carboxylic acids is 2. The van der Waals surface area contributed by atoms with E-state index in [1.165, 1.54) is 14.0 Å². The second-order valence-corrected chi connectivity index (χ2v) is 15.6. The highest BCUT2D eigenvalue weighted by Gasteiger charge is 2.66. The molecule has 4 aliphatic rings. The summed E-state index contributed by atoms with van der Waals surface area (Å²) in [5, 5.41) is 48.4. The fourth-order valence-corrected chi connectivity index (χ4v) is 6.99. The van der Waals surface area contributed by atoms with Gasteiger partial charge in [0.25, 0.3) is 0 Å². The highest BCUT2D eigenvalue weighted by molar-refractivity contribution is 5.93. The van der Waals surface area contributed by atoms with Gasteiger partial charge in [-0.3, -0.25) is 4.79 Å². The van der Waals surface area contributed by atoms with Gasteiger partial charge in [-0.1, -0.05) is 6.92 Å². The lowest BCUT2D eigenvalue weighted by molar-refractivity contribution is -0.323. The molecule has 3 fully saturated rings. The average molecular weight is 703 g/mol. The molecular formula is C32H58N6O11. The molecule has 13 atom stereocenters. The van der Waals surface area contributed by atoms with E-state index in [4.69, 9.17) is 52.4 Å². The number of nitrogens with two attached hydrogens (primary N) is 5. The molecule has 2 aliphatic heterocycles. The molecule has 0 bridgehead atoms. The van der Waals surface area contributed by atoms with Gasteiger partial charge < -0.3 is 78.1 Å². The first-order chi connectivity index (χ1) is 22.6. The van der Waals surface area contributed by atoms with Crippen molar-refractivity contribution in [3.05, 3.63) is 11.8 Å². The molecule has 0 radical (unpaired) electrons. The van der Waals surface area contributed by atoms with E-state index in [1.54, 1.807) is 20.8 Å². The van der Waals surface area contributed by atoms with Crippen LogP contribution in [0.3, 0.4) is 0 Å². The zero-order valence-electron chi connectivity index (χ0n) is 29.3. The summed E-state index contributed by atoms with van der Waals surface area (Å²) in [6.07, 6.45) is -7.83. The van der Waals surface area contributed by atoms with E-state index in [2.05, 4.69) is 12.2 Å². The molecule has 0 spiro atoms. The zero-order valence-corrected chi connectivity index (χ0v) is 29.3. The third-order valence-corrected chi connectivity index (χ3v) is 10.4. The second-order valence-electron chi connectivity index (χ2n) is 15.6. The van der Waals surface area contributed by atoms with Crippen molar-refractivity contribution in [1.29, 1.82) is 0 Å². The van der Waals surface area contributed by atoms with E-state index in [9.17, 15) is 30.0 Å². The minimum atomic E-state index is -2.21. The van der Waals surface area contributed by atoms with Gasteiger partial charge in [-0.25, -0.2) is 4.79 Å². The average Bonchev–Trinajstić information content (AvgIpc) is 3.76. The minimum absolute atomic E-state index is 0.0527. The van der Waals surface area contributed by atoms with E-state index in [0.29, 0.717) is 12.2 Å². The SMILES string of the molecule is CN[C@]1(C(=O)OC(C)(C)C)[C@@H](O)[C@@H](O[C@@H]2[C@@H](O)[C@H](O[C@H]3OC(C(N)C4(C)CC4)=CC[C@H]3N)[C@@H](N)C[C@]2(N)C(=O)[C@@H](O)CCN)OC[C@]1(C)O. The Kier molecular flexibility index (Phi) is 11.6. The number of Topliss-reactive ketones (excluding diaryl/α,β-unsaturated/α-hetero) is 1. The third-order valence-electron chi connectivity index (χ3n) is 10.4. The summed E-state index contributed by atoms with van der Waals surface area (Å²) in [7, 11) is 1.34. The Morgan fingerprint density at radius 2 is 1.76 bits per heavy atom. The summed E-state index contributed by atoms with van der Waals surface area (Å²) in [5.74, 6) is -1.44. The van der Waals surface area contributed by atoms with Crippen LogP contribution in [0, 0.1) is 5.41 Å². The van der Waals surface area contributed by atoms with Crippen molar-refractivity contribution in [3.63, 3.8) is 0 Å². The Morgan fingerprint density at radius 3 is 2.31 bits per heavy atom. The van der Waals surface area contributed by atoms with Gasteiger partial charge >= 0.3 is 5.97 Å². The maximum atomic E-state index is 13.7. The monoisotopic (exact) mass is 702 g/mol. The largest absolute Gasteiger partial charge is 0.466 e. The van der Waals surface area contributed by atoms with E-state index < -0.39 is 102 Å². The number of hydrogen-bond donors (Lipinski definition) is 10. The van der Waals surface area contributed by atoms with Gasteiger partial charge in [0.15, 0.2) is 17.6 Å². The molecule has 0 aromatic carbocycles. The highest BCUT2D eigenvalue weighted by atomic mass is 16.7. The van der Waals surface area contributed by atoms with Gasteiger partial charge in [0.1, 0.15) is 53.0 Å². The lowest BCUT2D eigenvalue weighted by Crippen LogP contribution is -2.80. The number of ketones is 1. The number of rotatable bonds is 12. The molecule has 282 valence electrons. The molecule has 15 N–H and O–H groups in total. The Bertz CT molecular complexity index is 1240. The molecule has 17 nitrogen and oxygen atoms in total. The van der Waals surface area contributed by atoms with Crippen LogP contribution in [-0.2, 0) is 33.3 Å². The summed E-state index contributed by atoms with van der Waals surface area (Å²) in [6.45, 7) is 7.57. The number of carbonyl (C=O) groups is 2. The van der Waals surface area contributed by atoms with Crippen molar-refractivity contribution in [2.24, 2.45) is 34.1 Å². The van der Waals surface area contributed by atoms with E-state index in [-0.39, 0.29) is 24.8 Å². The molecular weight excluding hydrogens is 644 g/mol. The Morgan fingerprint density at radius 1 is 1.12 bits per heavy atom. The van der Waals surface area contributed by atoms with Crippen LogP contribution < -0.4 is 34.0 Å². The van der Waals surface area contributed by atoms with Crippen LogP contribution in [0.15, 0.2) is 11.8 Å². The second kappa shape index (κ2) is 14.3. The first-order valence-electron chi connectivity index (χ1n) is 16.9. The number of aliphatic hydroxyl groups excluding tert-OH is 3. The zero-order chi connectivity index (χ0) is 36.9. The topological polar surface area (TPSA) is 303 Å². The third kappa shape index (κ3) is 7.55. The number of ether oxygens (including phenoxy) is 5. The van der Waals surface area contributed by atoms with Gasteiger partial charge in [0.05, 0.1) is 18.7 Å². The van der Waals surface area contributed by atoms with Crippen molar-refractivity contribution in [2.45, 2.75) is 150 Å². The molecule has 1 unspecified atom stereocenters. The number of aliphatic hydroxyl groups is 4. The fourth-order valence-electron chi connectivity index (χ4n) is 6.99. The van der Waals surface area contributed by atoms with Gasteiger partial charge in [-0.05, 0) is 84.9 Å². The van der Waals surface area contributed by atoms with E-state index in [1.807, 2.05) is 6.08 Å². The Labute approximate surface area is 287 Å². The molecule has 1 saturated heterocycles. The van der Waals surface area contributed by atoms with Crippen LogP contribution in [-0.4, -0.2) is 136 Å². The van der Waals surface area contributed by atoms with E-state index in [0.717, 1.165) is 12.8 Å². The first-order valence-corrected chi connectivity index (χ1v) is 16.9. The molecule has 0 amide bonds. The molecule has 4 rings (SSSR count). The van der Waals surface area contributed by atoms with Crippen LogP contribution in [0.25, 0.3) is 0 Å². The number of nitrogens with one attached hydrogen (secondary N) is 1. The van der Waals surface area contributed by atoms with Crippen LogP contribution in [0.1, 0.15) is 66.7 Å². The first kappa shape index (κ1) is 39.9. The van der Waals surface area contributed by atoms with Crippen molar-refractivity contribution >= 4 is 11.8 Å². The van der Waals surface area contributed by atoms with Gasteiger partial charge in [-0.15, -0.1) is 0 Å². The predicted molar refractivity (Wildman–Crippen MR) is 175 cm³/mol. The Balaban J connectivity index is 1.67. The van der Waals surface area contributed by atoms with Gasteiger partial charge in [0.2, 0.25) is 6.29 Å². The number of hydrogen-bond acceptors (Lipinski definition) is 17. The van der Waals surface area contributed by atoms with E-state index >= 15 is 0 Å². The summed E-state index contributed by atoms with van der Waals surface area (Å²) < 4.78 is 29.8. The molecule has 17 heteroatoms. The van der Waals surface area contributed by atoms with Crippen molar-refractivity contribution in [2.75, 3.05) is 20.2 Å². The molecule has 0 aromatic heterocycles. The smallest absolute Gasteiger partial charge is 0.332 e. The minimum Gasteiger partial charge on any atom is -0.466 e. The number of esters is 1. The van der Waals surface area contributed by atoms with Gasteiger partial charge in [-0.2, -0.15) is 0 Å². The van der Waals surface area contributed by atoms with Crippen molar-refractivity contribution in [3.8, 4) is 0 Å². The molecule has 49 heavy (non-hydrogen) atoms. The summed E-state index contributed by atoms with van der Waals surface area (Å²) in [5.41, 5.74) is 24.1. The summed E-state index contributed by atoms with van der Waals surface area (Å²) >= 11 is 0. The standard InChI is InChI=1S/C32H58N6O11/c1-28(2,3)49-27(43)32(38-6)23(42)26(45-14-30(32,5)44)48-24-19(40)20(16(35)13-31(24,37)22(41)17(39)9-12-33)47-25-15(34)7-8-18(46-25)21(36)29(4)10-11-29/h8,15-17,19-21,23-26,38-40,42,44H,7,9-14,33-37H2,1-6H3/t15-,16+,17+,19+,20-,21?,23+,24-,25-,26-,30+,31+,32+/m1/s1. The fraction of sp³-hybridized carbons (Fsp3) is 0.875. The molecule has 2 saturated carbocycles. The molecule has 2 heterocycles. The lowest BCUT2D eigenvalue weighted by atomic mass is 9.70. The van der Waals surface area contributed by atoms with Crippen LogP contribution >= 0.6 is 0 Å². The molecule has 2 aliphatic carbocycles. The summed E-state index contributed by atoms with van der Waals surface area (Å²) in [4.78, 5) is 27.4. The molecule has 0 aromatic rings. The van der Waals surface area contributed by atoms with Crippen LogP contribution in [0.5, 0.6) is 0 Å². The maximum absolute atomic E-state index is 13.7. The summed E-state index contributed by atoms with van der Waals surface area (Å²) in [6, 6.07) is -2.18. The predicted octanol–water partition coefficient (Wildman–Crippen LogP) is -3.32. The quantitative estimate of drug-likeness (QED) is 0.0890. The normalized spacial score (nSPS) is 42.0. The van der Waals surface area contributed by atoms with Crippen molar-refractivity contribution in [1.82, 2.24) is 5.32 Å². The van der Waals surface area contributed by atoms with Crippen LogP contribution in [0.4, 0.5) is 0 Å². The lowest BCUT2D eigenvalue weighted by Gasteiger charge is -2.54. The van der Waals surface area contributed by atoms with Gasteiger partial charge in [0, 0.05) is 6.04 Å². The maximum Gasteiger partial charge on any atom is 0.332 e. The van der Waals surface area contributed by atoms with Crippen molar-refractivity contribution < 1.29 is 53.7 Å².